The second-order valence-corrected chi connectivity index (χ2v) is 8.08. The Balaban J connectivity index is 2.42. The first-order valence-electron chi connectivity index (χ1n) is 7.76. The molecular weight excluding hydrogens is 442 g/mol. The lowest BCUT2D eigenvalue weighted by Crippen LogP contribution is -2.20. The first-order valence-corrected chi connectivity index (χ1v) is 10.1. The second-order valence-electron chi connectivity index (χ2n) is 5.73. The van der Waals surface area contributed by atoms with Crippen LogP contribution in [0, 0.1) is 0 Å². The number of nitrogens with zero attached hydrogens (tertiary/aromatic N) is 2. The summed E-state index contributed by atoms with van der Waals surface area (Å²) in [7, 11) is -4.13. The number of aliphatic hydroxyl groups is 3. The van der Waals surface area contributed by atoms with Crippen LogP contribution in [-0.2, 0) is 23.2 Å². The van der Waals surface area contributed by atoms with E-state index in [-0.39, 0.29) is 34.6 Å². The number of aliphatic hydroxyl groups excluding tert-OH is 3. The number of halogens is 1. The maximum Gasteiger partial charge on any atom is 0.238 e. The summed E-state index contributed by atoms with van der Waals surface area (Å²) in [5.41, 5.74) is 0.436. The zero-order valence-electron chi connectivity index (χ0n) is 14.3. The van der Waals surface area contributed by atoms with Crippen molar-refractivity contribution in [3.8, 4) is 0 Å². The fraction of sp³-hybridized carbons (Fsp3) is 0.333. The topological polar surface area (TPSA) is 171 Å². The molecule has 1 aromatic heterocycles. The molecule has 0 saturated heterocycles. The minimum atomic E-state index is -4.13. The standard InChI is InChI=1S/C15H20BrN5O5S/c1-8(5-22)19-14-12(16)4-18-15(21-14)20-11-2-9(6-23)13(27(17,25)26)10(3-11)7-24/h2-4,8,22-24H,5-7H2,1H3,(H2,17,25,26)(H2,18,19,20,21)/t8-/m1/s1. The average Bonchev–Trinajstić information content (AvgIpc) is 2.62. The van der Waals surface area contributed by atoms with E-state index in [2.05, 4.69) is 36.5 Å². The highest BCUT2D eigenvalue weighted by atomic mass is 79.9. The molecule has 0 spiro atoms. The molecule has 0 aliphatic rings. The van der Waals surface area contributed by atoms with E-state index >= 15 is 0 Å². The van der Waals surface area contributed by atoms with E-state index in [1.54, 1.807) is 6.92 Å². The van der Waals surface area contributed by atoms with Gasteiger partial charge in [-0.2, -0.15) is 4.98 Å². The number of nitrogens with one attached hydrogen (secondary N) is 2. The van der Waals surface area contributed by atoms with Crippen molar-refractivity contribution in [1.82, 2.24) is 9.97 Å². The fourth-order valence-electron chi connectivity index (χ4n) is 2.36. The predicted octanol–water partition coefficient (Wildman–Crippen LogP) is 0.407. The quantitative estimate of drug-likeness (QED) is 0.325. The maximum atomic E-state index is 11.8. The minimum Gasteiger partial charge on any atom is -0.394 e. The van der Waals surface area contributed by atoms with Gasteiger partial charge in [0.15, 0.2) is 0 Å². The highest BCUT2D eigenvalue weighted by Crippen LogP contribution is 2.28. The Morgan fingerprint density at radius 1 is 1.22 bits per heavy atom. The van der Waals surface area contributed by atoms with E-state index in [9.17, 15) is 18.6 Å². The molecule has 27 heavy (non-hydrogen) atoms. The van der Waals surface area contributed by atoms with E-state index in [1.807, 2.05) is 0 Å². The van der Waals surface area contributed by atoms with Crippen molar-refractivity contribution in [3.63, 3.8) is 0 Å². The Morgan fingerprint density at radius 2 is 1.81 bits per heavy atom. The van der Waals surface area contributed by atoms with Crippen molar-refractivity contribution >= 4 is 43.4 Å². The van der Waals surface area contributed by atoms with Gasteiger partial charge in [0.2, 0.25) is 16.0 Å². The normalized spacial score (nSPS) is 12.7. The number of primary sulfonamides is 1. The van der Waals surface area contributed by atoms with Crippen LogP contribution in [-0.4, -0.2) is 46.4 Å². The minimum absolute atomic E-state index is 0.0379. The van der Waals surface area contributed by atoms with Crippen molar-refractivity contribution in [2.24, 2.45) is 5.14 Å². The third-order valence-electron chi connectivity index (χ3n) is 3.53. The summed E-state index contributed by atoms with van der Waals surface area (Å²) >= 11 is 3.31. The summed E-state index contributed by atoms with van der Waals surface area (Å²) in [5.74, 6) is 0.627. The molecule has 10 nitrogen and oxygen atoms in total. The summed E-state index contributed by atoms with van der Waals surface area (Å²) in [6.07, 6.45) is 1.50. The fourth-order valence-corrected chi connectivity index (χ4v) is 3.65. The van der Waals surface area contributed by atoms with E-state index in [4.69, 9.17) is 10.2 Å². The first kappa shape index (κ1) is 21.5. The predicted molar refractivity (Wildman–Crippen MR) is 103 cm³/mol. The van der Waals surface area contributed by atoms with Gasteiger partial charge in [-0.15, -0.1) is 0 Å². The van der Waals surface area contributed by atoms with Crippen molar-refractivity contribution < 1.29 is 23.7 Å². The number of nitrogens with two attached hydrogens (primary N) is 1. The third kappa shape index (κ3) is 5.34. The van der Waals surface area contributed by atoms with Gasteiger partial charge < -0.3 is 26.0 Å². The molecule has 148 valence electrons. The van der Waals surface area contributed by atoms with E-state index in [1.165, 1.54) is 18.3 Å². The van der Waals surface area contributed by atoms with Gasteiger partial charge in [0.1, 0.15) is 5.82 Å². The molecule has 0 amide bonds. The molecule has 12 heteroatoms. The Morgan fingerprint density at radius 3 is 2.30 bits per heavy atom. The Labute approximate surface area is 164 Å². The molecule has 0 aliphatic carbocycles. The van der Waals surface area contributed by atoms with Gasteiger partial charge in [0.05, 0.1) is 29.2 Å². The van der Waals surface area contributed by atoms with Crippen LogP contribution in [0.15, 0.2) is 27.7 Å². The molecule has 7 N–H and O–H groups in total. The van der Waals surface area contributed by atoms with Gasteiger partial charge in [-0.25, -0.2) is 18.5 Å². The summed E-state index contributed by atoms with van der Waals surface area (Å²) in [6.45, 7) is 0.509. The Kier molecular flexibility index (Phi) is 7.08. The summed E-state index contributed by atoms with van der Waals surface area (Å²) in [6, 6.07) is 2.53. The van der Waals surface area contributed by atoms with Crippen molar-refractivity contribution in [1.29, 1.82) is 0 Å². The third-order valence-corrected chi connectivity index (χ3v) is 5.20. The van der Waals surface area contributed by atoms with Gasteiger partial charge in [0.25, 0.3) is 0 Å². The SMILES string of the molecule is C[C@H](CO)Nc1nc(Nc2cc(CO)c(S(N)(=O)=O)c(CO)c2)ncc1Br. The van der Waals surface area contributed by atoms with Crippen LogP contribution in [0.3, 0.4) is 0 Å². The highest BCUT2D eigenvalue weighted by molar-refractivity contribution is 9.10. The number of anilines is 3. The van der Waals surface area contributed by atoms with Gasteiger partial charge in [-0.3, -0.25) is 0 Å². The van der Waals surface area contributed by atoms with Crippen LogP contribution in [0.25, 0.3) is 0 Å². The molecular formula is C15H20BrN5O5S. The summed E-state index contributed by atoms with van der Waals surface area (Å²) < 4.78 is 24.1. The van der Waals surface area contributed by atoms with Gasteiger partial charge in [-0.1, -0.05) is 0 Å². The molecule has 0 bridgehead atoms. The van der Waals surface area contributed by atoms with Crippen LogP contribution >= 0.6 is 15.9 Å². The largest absolute Gasteiger partial charge is 0.394 e. The average molecular weight is 462 g/mol. The molecule has 0 unspecified atom stereocenters. The smallest absolute Gasteiger partial charge is 0.238 e. The molecule has 1 aromatic carbocycles. The first-order chi connectivity index (χ1) is 12.7. The number of sulfonamides is 1. The maximum absolute atomic E-state index is 11.8. The molecule has 1 heterocycles. The number of rotatable bonds is 8. The number of benzene rings is 1. The molecule has 0 aliphatic heterocycles. The lowest BCUT2D eigenvalue weighted by atomic mass is 10.1. The number of hydrogen-bond acceptors (Lipinski definition) is 9. The molecule has 0 fully saturated rings. The van der Waals surface area contributed by atoms with Crippen molar-refractivity contribution in [2.75, 3.05) is 17.2 Å². The van der Waals surface area contributed by atoms with Crippen LogP contribution in [0.5, 0.6) is 0 Å². The number of aromatic nitrogens is 2. The number of hydrogen-bond donors (Lipinski definition) is 6. The Hall–Kier alpha value is -1.83. The van der Waals surface area contributed by atoms with Gasteiger partial charge in [-0.05, 0) is 46.1 Å². The van der Waals surface area contributed by atoms with E-state index < -0.39 is 23.2 Å². The Bertz CT molecular complexity index is 900. The van der Waals surface area contributed by atoms with Gasteiger partial charge in [0, 0.05) is 17.9 Å². The summed E-state index contributed by atoms with van der Waals surface area (Å²) in [4.78, 5) is 8.08. The molecule has 0 radical (unpaired) electrons. The zero-order chi connectivity index (χ0) is 20.2. The summed E-state index contributed by atoms with van der Waals surface area (Å²) in [5, 5.41) is 39.2. The van der Waals surface area contributed by atoms with Gasteiger partial charge >= 0.3 is 0 Å². The van der Waals surface area contributed by atoms with Crippen LogP contribution in [0.4, 0.5) is 17.5 Å². The van der Waals surface area contributed by atoms with E-state index in [0.29, 0.717) is 16.0 Å². The molecule has 2 aromatic rings. The highest BCUT2D eigenvalue weighted by Gasteiger charge is 2.20. The van der Waals surface area contributed by atoms with Crippen molar-refractivity contribution in [3.05, 3.63) is 33.9 Å². The lowest BCUT2D eigenvalue weighted by molar-refractivity contribution is 0.269. The molecule has 0 saturated carbocycles. The molecule has 1 atom stereocenters. The monoisotopic (exact) mass is 461 g/mol. The molecule has 2 rings (SSSR count). The zero-order valence-corrected chi connectivity index (χ0v) is 16.7. The van der Waals surface area contributed by atoms with E-state index in [0.717, 1.165) is 0 Å². The van der Waals surface area contributed by atoms with Crippen molar-refractivity contribution in [2.45, 2.75) is 31.1 Å². The van der Waals surface area contributed by atoms with Crippen LogP contribution in [0.2, 0.25) is 0 Å². The van der Waals surface area contributed by atoms with Crippen LogP contribution in [0.1, 0.15) is 18.1 Å². The lowest BCUT2D eigenvalue weighted by Gasteiger charge is -2.16. The second kappa shape index (κ2) is 8.91. The van der Waals surface area contributed by atoms with Crippen LogP contribution < -0.4 is 15.8 Å².